The molecule has 0 N–H and O–H groups in total. The minimum atomic E-state index is -0.412. The summed E-state index contributed by atoms with van der Waals surface area (Å²) in [4.78, 5) is 18.6. The first kappa shape index (κ1) is 18.6. The van der Waals surface area contributed by atoms with Gasteiger partial charge < -0.3 is 4.74 Å². The number of unbranched alkanes of at least 4 members (excludes halogenated alkanes) is 2. The molecule has 2 heterocycles. The second kappa shape index (κ2) is 8.49. The van der Waals surface area contributed by atoms with E-state index in [9.17, 15) is 4.79 Å². The fraction of sp³-hybridized carbons (Fsp3) is 0.474. The van der Waals surface area contributed by atoms with Crippen molar-refractivity contribution in [2.24, 2.45) is 0 Å². The molecule has 0 aliphatic carbocycles. The van der Waals surface area contributed by atoms with Crippen molar-refractivity contribution < 1.29 is 9.53 Å². The molecule has 1 aliphatic rings. The SMILES string of the molecule is CCCCCSc1nnc2c(n1)O[C@H](CC)N(C(C)=O)c1ccccc1-2. The Balaban J connectivity index is 1.98. The van der Waals surface area contributed by atoms with Crippen molar-refractivity contribution in [2.75, 3.05) is 10.7 Å². The molecule has 0 saturated carbocycles. The minimum absolute atomic E-state index is 0.0702. The van der Waals surface area contributed by atoms with E-state index in [1.807, 2.05) is 31.2 Å². The van der Waals surface area contributed by atoms with E-state index in [4.69, 9.17) is 4.74 Å². The Bertz CT molecular complexity index is 784. The third kappa shape index (κ3) is 3.82. The number of thioether (sulfide) groups is 1. The third-order valence-corrected chi connectivity index (χ3v) is 5.18. The van der Waals surface area contributed by atoms with Crippen molar-refractivity contribution >= 4 is 23.4 Å². The maximum absolute atomic E-state index is 12.3. The van der Waals surface area contributed by atoms with Crippen LogP contribution in [0.15, 0.2) is 29.4 Å². The van der Waals surface area contributed by atoms with Gasteiger partial charge in [0.25, 0.3) is 0 Å². The Labute approximate surface area is 158 Å². The summed E-state index contributed by atoms with van der Waals surface area (Å²) in [6.07, 6.45) is 3.74. The molecule has 0 fully saturated rings. The van der Waals surface area contributed by atoms with Crippen molar-refractivity contribution in [3.8, 4) is 17.1 Å². The lowest BCUT2D eigenvalue weighted by atomic mass is 10.1. The van der Waals surface area contributed by atoms with Gasteiger partial charge in [-0.05, 0) is 12.5 Å². The number of fused-ring (bicyclic) bond motifs is 3. The van der Waals surface area contributed by atoms with E-state index in [0.29, 0.717) is 23.2 Å². The molecule has 1 aliphatic heterocycles. The normalized spacial score (nSPS) is 15.7. The van der Waals surface area contributed by atoms with Crippen LogP contribution in [0, 0.1) is 0 Å². The van der Waals surface area contributed by atoms with Crippen LogP contribution in [0.3, 0.4) is 0 Å². The predicted molar refractivity (Wildman–Crippen MR) is 103 cm³/mol. The number of rotatable bonds is 6. The second-order valence-corrected chi connectivity index (χ2v) is 7.25. The van der Waals surface area contributed by atoms with Gasteiger partial charge in [0, 0.05) is 24.7 Å². The zero-order chi connectivity index (χ0) is 18.5. The first-order chi connectivity index (χ1) is 12.7. The fourth-order valence-corrected chi connectivity index (χ4v) is 3.76. The summed E-state index contributed by atoms with van der Waals surface area (Å²) in [5, 5.41) is 9.27. The molecule has 0 radical (unpaired) electrons. The average Bonchev–Trinajstić information content (AvgIpc) is 2.79. The van der Waals surface area contributed by atoms with Gasteiger partial charge in [-0.25, -0.2) is 0 Å². The Kier molecular flexibility index (Phi) is 6.08. The second-order valence-electron chi connectivity index (χ2n) is 6.19. The lowest BCUT2D eigenvalue weighted by molar-refractivity contribution is -0.118. The van der Waals surface area contributed by atoms with Gasteiger partial charge in [0.15, 0.2) is 11.9 Å². The van der Waals surface area contributed by atoms with E-state index < -0.39 is 6.23 Å². The molecule has 0 spiro atoms. The third-order valence-electron chi connectivity index (χ3n) is 4.26. The highest BCUT2D eigenvalue weighted by Crippen LogP contribution is 2.39. The van der Waals surface area contributed by atoms with Crippen LogP contribution in [0.25, 0.3) is 11.3 Å². The summed E-state index contributed by atoms with van der Waals surface area (Å²) in [7, 11) is 0. The van der Waals surface area contributed by atoms with Gasteiger partial charge in [0.2, 0.25) is 16.9 Å². The summed E-state index contributed by atoms with van der Waals surface area (Å²) in [6, 6.07) is 7.66. The summed E-state index contributed by atoms with van der Waals surface area (Å²) < 4.78 is 6.11. The average molecular weight is 372 g/mol. The molecule has 6 nitrogen and oxygen atoms in total. The minimum Gasteiger partial charge on any atom is -0.451 e. The number of ether oxygens (including phenoxy) is 1. The number of carbonyl (C=O) groups excluding carboxylic acids is 1. The standard InChI is InChI=1S/C19H24N4O2S/c1-4-6-9-12-26-19-20-18-17(21-22-19)14-10-7-8-11-15(14)23(13(3)24)16(5-2)25-18/h7-8,10-11,16H,4-6,9,12H2,1-3H3/t16-/m1/s1. The highest BCUT2D eigenvalue weighted by Gasteiger charge is 2.32. The van der Waals surface area contributed by atoms with Crippen molar-refractivity contribution in [3.63, 3.8) is 0 Å². The van der Waals surface area contributed by atoms with E-state index in [2.05, 4.69) is 22.1 Å². The number of aromatic nitrogens is 3. The summed E-state index contributed by atoms with van der Waals surface area (Å²) in [5.74, 6) is 1.34. The van der Waals surface area contributed by atoms with Crippen molar-refractivity contribution in [1.82, 2.24) is 15.2 Å². The van der Waals surface area contributed by atoms with Crippen LogP contribution < -0.4 is 9.64 Å². The van der Waals surface area contributed by atoms with Gasteiger partial charge in [0.1, 0.15) is 0 Å². The molecule has 1 aromatic heterocycles. The van der Waals surface area contributed by atoms with E-state index in [1.165, 1.54) is 12.8 Å². The molecule has 3 rings (SSSR count). The monoisotopic (exact) mass is 372 g/mol. The molecular weight excluding hydrogens is 348 g/mol. The zero-order valence-electron chi connectivity index (χ0n) is 15.4. The molecule has 0 saturated heterocycles. The molecule has 0 bridgehead atoms. The van der Waals surface area contributed by atoms with E-state index >= 15 is 0 Å². The van der Waals surface area contributed by atoms with Crippen LogP contribution in [0.1, 0.15) is 46.5 Å². The van der Waals surface area contributed by atoms with Crippen molar-refractivity contribution in [2.45, 2.75) is 57.8 Å². The first-order valence-corrected chi connectivity index (χ1v) is 10.1. The smallest absolute Gasteiger partial charge is 0.247 e. The first-order valence-electron chi connectivity index (χ1n) is 9.09. The number of hydrogen-bond donors (Lipinski definition) is 0. The van der Waals surface area contributed by atoms with Crippen LogP contribution in [-0.2, 0) is 4.79 Å². The lowest BCUT2D eigenvalue weighted by Crippen LogP contribution is -2.42. The largest absolute Gasteiger partial charge is 0.451 e. The number of hydrogen-bond acceptors (Lipinski definition) is 6. The summed E-state index contributed by atoms with van der Waals surface area (Å²) in [6.45, 7) is 5.72. The molecule has 1 amide bonds. The van der Waals surface area contributed by atoms with Crippen LogP contribution in [-0.4, -0.2) is 33.1 Å². The fourth-order valence-electron chi connectivity index (χ4n) is 2.98. The molecule has 138 valence electrons. The van der Waals surface area contributed by atoms with Gasteiger partial charge in [-0.2, -0.15) is 4.98 Å². The molecule has 7 heteroatoms. The summed E-state index contributed by atoms with van der Waals surface area (Å²) >= 11 is 1.59. The maximum Gasteiger partial charge on any atom is 0.247 e. The number of para-hydroxylation sites is 1. The number of anilines is 1. The molecule has 1 aromatic carbocycles. The quantitative estimate of drug-likeness (QED) is 0.556. The van der Waals surface area contributed by atoms with Crippen molar-refractivity contribution in [1.29, 1.82) is 0 Å². The highest BCUT2D eigenvalue weighted by atomic mass is 32.2. The number of benzene rings is 1. The van der Waals surface area contributed by atoms with Gasteiger partial charge >= 0.3 is 0 Å². The van der Waals surface area contributed by atoms with Crippen LogP contribution in [0.4, 0.5) is 5.69 Å². The Morgan fingerprint density at radius 1 is 1.23 bits per heavy atom. The number of carbonyl (C=O) groups is 1. The van der Waals surface area contributed by atoms with E-state index in [0.717, 1.165) is 23.4 Å². The Morgan fingerprint density at radius 3 is 2.77 bits per heavy atom. The number of nitrogens with zero attached hydrogens (tertiary/aromatic N) is 4. The van der Waals surface area contributed by atoms with Crippen molar-refractivity contribution in [3.05, 3.63) is 24.3 Å². The van der Waals surface area contributed by atoms with Gasteiger partial charge in [-0.1, -0.05) is 56.7 Å². The number of amides is 1. The molecule has 26 heavy (non-hydrogen) atoms. The Morgan fingerprint density at radius 2 is 2.04 bits per heavy atom. The maximum atomic E-state index is 12.3. The highest BCUT2D eigenvalue weighted by molar-refractivity contribution is 7.99. The zero-order valence-corrected chi connectivity index (χ0v) is 16.3. The van der Waals surface area contributed by atoms with Gasteiger partial charge in [-0.3, -0.25) is 9.69 Å². The lowest BCUT2D eigenvalue weighted by Gasteiger charge is -2.28. The molecule has 0 unspecified atom stereocenters. The van der Waals surface area contributed by atoms with E-state index in [1.54, 1.807) is 23.6 Å². The molecule has 2 aromatic rings. The van der Waals surface area contributed by atoms with Crippen LogP contribution in [0.2, 0.25) is 0 Å². The van der Waals surface area contributed by atoms with Gasteiger partial charge in [-0.15, -0.1) is 10.2 Å². The van der Waals surface area contributed by atoms with Gasteiger partial charge in [0.05, 0.1) is 5.69 Å². The molecule has 1 atom stereocenters. The van der Waals surface area contributed by atoms with Crippen LogP contribution in [0.5, 0.6) is 5.88 Å². The topological polar surface area (TPSA) is 68.2 Å². The molecular formula is C19H24N4O2S. The summed E-state index contributed by atoms with van der Waals surface area (Å²) in [5.41, 5.74) is 2.18. The van der Waals surface area contributed by atoms with Crippen LogP contribution >= 0.6 is 11.8 Å². The predicted octanol–water partition coefficient (Wildman–Crippen LogP) is 4.30. The Hall–Kier alpha value is -2.15. The van der Waals surface area contributed by atoms with E-state index in [-0.39, 0.29) is 5.91 Å².